The van der Waals surface area contributed by atoms with E-state index in [-0.39, 0.29) is 17.4 Å². The van der Waals surface area contributed by atoms with Gasteiger partial charge in [0.2, 0.25) is 0 Å². The zero-order chi connectivity index (χ0) is 17.7. The summed E-state index contributed by atoms with van der Waals surface area (Å²) in [5.74, 6) is 5.00. The van der Waals surface area contributed by atoms with Crippen molar-refractivity contribution in [3.05, 3.63) is 65.2 Å². The number of aromatic nitrogens is 1. The summed E-state index contributed by atoms with van der Waals surface area (Å²) in [5, 5.41) is 12.5. The molecule has 0 bridgehead atoms. The van der Waals surface area contributed by atoms with Crippen LogP contribution in [0.15, 0.2) is 42.6 Å². The van der Waals surface area contributed by atoms with Crippen molar-refractivity contribution in [1.29, 1.82) is 0 Å². The lowest BCUT2D eigenvalue weighted by Gasteiger charge is -2.26. The Morgan fingerprint density at radius 3 is 2.54 bits per heavy atom. The third-order valence-electron chi connectivity index (χ3n) is 3.58. The maximum Gasteiger partial charge on any atom is 0.270 e. The fourth-order valence-electron chi connectivity index (χ4n) is 1.76. The van der Waals surface area contributed by atoms with Crippen LogP contribution in [-0.4, -0.2) is 27.6 Å². The largest absolute Gasteiger partial charge is 0.388 e. The highest BCUT2D eigenvalue weighted by atomic mass is 19.1. The quantitative estimate of drug-likeness (QED) is 0.852. The lowest BCUT2D eigenvalue weighted by atomic mass is 10.0. The number of pyridine rings is 1. The first-order valence-electron chi connectivity index (χ1n) is 7.52. The van der Waals surface area contributed by atoms with E-state index in [1.165, 1.54) is 18.3 Å². The molecule has 0 saturated heterocycles. The maximum absolute atomic E-state index is 13.1. The van der Waals surface area contributed by atoms with Gasteiger partial charge in [-0.05, 0) is 51.1 Å². The van der Waals surface area contributed by atoms with Crippen molar-refractivity contribution in [2.45, 2.75) is 32.4 Å². The van der Waals surface area contributed by atoms with Crippen molar-refractivity contribution >= 4 is 5.91 Å². The predicted molar refractivity (Wildman–Crippen MR) is 89.8 cm³/mol. The molecule has 0 saturated carbocycles. The second kappa shape index (κ2) is 7.24. The van der Waals surface area contributed by atoms with Crippen LogP contribution in [0.4, 0.5) is 4.39 Å². The number of benzene rings is 1. The van der Waals surface area contributed by atoms with Gasteiger partial charge in [-0.3, -0.25) is 4.79 Å². The van der Waals surface area contributed by atoms with Gasteiger partial charge in [0, 0.05) is 17.3 Å². The molecule has 0 radical (unpaired) electrons. The first kappa shape index (κ1) is 17.6. The average molecular weight is 326 g/mol. The Balaban J connectivity index is 2.07. The molecule has 0 unspecified atom stereocenters. The van der Waals surface area contributed by atoms with Gasteiger partial charge >= 0.3 is 0 Å². The highest BCUT2D eigenvalue weighted by Gasteiger charge is 2.24. The van der Waals surface area contributed by atoms with Crippen LogP contribution in [0.5, 0.6) is 0 Å². The molecule has 0 aliphatic heterocycles. The summed E-state index contributed by atoms with van der Waals surface area (Å²) in [6.45, 7) is 4.96. The number of carbonyl (C=O) groups is 1. The Labute approximate surface area is 140 Å². The minimum Gasteiger partial charge on any atom is -0.388 e. The molecule has 0 aliphatic carbocycles. The van der Waals surface area contributed by atoms with E-state index in [4.69, 9.17) is 0 Å². The number of hydrogen-bond acceptors (Lipinski definition) is 3. The zero-order valence-electron chi connectivity index (χ0n) is 13.8. The second-order valence-corrected chi connectivity index (χ2v) is 6.04. The van der Waals surface area contributed by atoms with Gasteiger partial charge in [-0.1, -0.05) is 17.9 Å². The molecular formula is C19H19FN2O2. The van der Waals surface area contributed by atoms with E-state index in [2.05, 4.69) is 22.1 Å². The topological polar surface area (TPSA) is 62.2 Å². The zero-order valence-corrected chi connectivity index (χ0v) is 13.8. The summed E-state index contributed by atoms with van der Waals surface area (Å²) in [4.78, 5) is 16.1. The van der Waals surface area contributed by atoms with Crippen LogP contribution in [0, 0.1) is 17.7 Å². The smallest absolute Gasteiger partial charge is 0.270 e. The molecule has 24 heavy (non-hydrogen) atoms. The number of amides is 1. The van der Waals surface area contributed by atoms with Crippen LogP contribution in [-0.2, 0) is 0 Å². The van der Waals surface area contributed by atoms with Crippen molar-refractivity contribution in [1.82, 2.24) is 10.3 Å². The molecule has 2 rings (SSSR count). The Morgan fingerprint density at radius 1 is 1.25 bits per heavy atom. The molecule has 2 aromatic rings. The Morgan fingerprint density at radius 2 is 1.96 bits per heavy atom. The molecule has 0 fully saturated rings. The van der Waals surface area contributed by atoms with Crippen molar-refractivity contribution in [3.8, 4) is 11.8 Å². The number of rotatable bonds is 3. The number of nitrogens with one attached hydrogen (secondary N) is 1. The van der Waals surface area contributed by atoms with Gasteiger partial charge in [0.25, 0.3) is 5.91 Å². The average Bonchev–Trinajstić information content (AvgIpc) is 2.52. The molecule has 4 nitrogen and oxygen atoms in total. The minimum atomic E-state index is -1.02. The van der Waals surface area contributed by atoms with Gasteiger partial charge in [0.1, 0.15) is 11.5 Å². The molecule has 1 amide bonds. The normalized spacial score (nSPS) is 12.0. The molecule has 5 heteroatoms. The van der Waals surface area contributed by atoms with Crippen molar-refractivity contribution in [2.75, 3.05) is 0 Å². The summed E-state index contributed by atoms with van der Waals surface area (Å²) in [6, 6.07) is 8.82. The molecule has 1 heterocycles. The van der Waals surface area contributed by atoms with Gasteiger partial charge in [-0.25, -0.2) is 9.37 Å². The van der Waals surface area contributed by atoms with Gasteiger partial charge in [0.15, 0.2) is 0 Å². The first-order valence-corrected chi connectivity index (χ1v) is 7.52. The van der Waals surface area contributed by atoms with Gasteiger partial charge in [0.05, 0.1) is 11.6 Å². The summed E-state index contributed by atoms with van der Waals surface area (Å²) < 4.78 is 13.1. The summed E-state index contributed by atoms with van der Waals surface area (Å²) in [7, 11) is 0. The number of hydrogen-bond donors (Lipinski definition) is 2. The van der Waals surface area contributed by atoms with E-state index in [1.54, 1.807) is 45.0 Å². The van der Waals surface area contributed by atoms with Gasteiger partial charge in [-0.15, -0.1) is 0 Å². The molecule has 124 valence electrons. The lowest BCUT2D eigenvalue weighted by molar-refractivity contribution is 0.0407. The van der Waals surface area contributed by atoms with Crippen LogP contribution >= 0.6 is 0 Å². The highest BCUT2D eigenvalue weighted by molar-refractivity contribution is 5.92. The van der Waals surface area contributed by atoms with Crippen LogP contribution in [0.25, 0.3) is 0 Å². The lowest BCUT2D eigenvalue weighted by Crippen LogP contribution is -2.47. The van der Waals surface area contributed by atoms with E-state index in [0.717, 1.165) is 0 Å². The Hall–Kier alpha value is -2.71. The molecular weight excluding hydrogens is 307 g/mol. The number of nitrogens with zero attached hydrogens (tertiary/aromatic N) is 1. The van der Waals surface area contributed by atoms with Crippen LogP contribution in [0.1, 0.15) is 42.4 Å². The van der Waals surface area contributed by atoms with Crippen molar-refractivity contribution in [3.63, 3.8) is 0 Å². The van der Waals surface area contributed by atoms with Crippen molar-refractivity contribution in [2.24, 2.45) is 0 Å². The fourth-order valence-corrected chi connectivity index (χ4v) is 1.76. The van der Waals surface area contributed by atoms with Crippen LogP contribution < -0.4 is 5.32 Å². The van der Waals surface area contributed by atoms with Crippen LogP contribution in [0.2, 0.25) is 0 Å². The molecule has 0 spiro atoms. The SMILES string of the molecule is C[C@@H](NC(=O)c1ccc(C#Cc2cccc(F)c2)cn1)C(C)(C)O. The first-order chi connectivity index (χ1) is 11.3. The van der Waals surface area contributed by atoms with E-state index in [9.17, 15) is 14.3 Å². The number of carbonyl (C=O) groups excluding carboxylic acids is 1. The third kappa shape index (κ3) is 4.90. The summed E-state index contributed by atoms with van der Waals surface area (Å²) in [5.41, 5.74) is 0.399. The van der Waals surface area contributed by atoms with Crippen molar-refractivity contribution < 1.29 is 14.3 Å². The van der Waals surface area contributed by atoms with Gasteiger partial charge in [-0.2, -0.15) is 0 Å². The van der Waals surface area contributed by atoms with E-state index in [0.29, 0.717) is 11.1 Å². The van der Waals surface area contributed by atoms with Gasteiger partial charge < -0.3 is 10.4 Å². The summed E-state index contributed by atoms with van der Waals surface area (Å²) in [6.07, 6.45) is 1.48. The van der Waals surface area contributed by atoms with E-state index >= 15 is 0 Å². The third-order valence-corrected chi connectivity index (χ3v) is 3.58. The molecule has 1 aromatic heterocycles. The van der Waals surface area contributed by atoms with E-state index in [1.807, 2.05) is 0 Å². The number of halogens is 1. The Kier molecular flexibility index (Phi) is 5.32. The monoisotopic (exact) mass is 326 g/mol. The second-order valence-electron chi connectivity index (χ2n) is 6.04. The summed E-state index contributed by atoms with van der Waals surface area (Å²) >= 11 is 0. The minimum absolute atomic E-state index is 0.238. The highest BCUT2D eigenvalue weighted by Crippen LogP contribution is 2.09. The van der Waals surface area contributed by atoms with E-state index < -0.39 is 11.6 Å². The molecule has 1 aromatic carbocycles. The molecule has 2 N–H and O–H groups in total. The standard InChI is InChI=1S/C19H19FN2O2/c1-13(19(2,3)24)22-18(23)17-10-9-15(12-21-17)8-7-14-5-4-6-16(20)11-14/h4-6,9-13,24H,1-3H3,(H,22,23)/t13-/m1/s1. The predicted octanol–water partition coefficient (Wildman–Crippen LogP) is 2.51. The molecule has 1 atom stereocenters. The Bertz CT molecular complexity index is 783. The fraction of sp³-hybridized carbons (Fsp3) is 0.263. The molecule has 0 aliphatic rings. The van der Waals surface area contributed by atoms with Crippen LogP contribution in [0.3, 0.4) is 0 Å². The number of aliphatic hydroxyl groups is 1. The maximum atomic E-state index is 13.1.